The molecule has 2 aromatic rings. The van der Waals surface area contributed by atoms with Crippen molar-refractivity contribution in [2.75, 3.05) is 7.11 Å². The molecule has 0 amide bonds. The van der Waals surface area contributed by atoms with Gasteiger partial charge in [0.15, 0.2) is 0 Å². The third-order valence-electron chi connectivity index (χ3n) is 3.00. The highest BCUT2D eigenvalue weighted by Gasteiger charge is 2.31. The van der Waals surface area contributed by atoms with Gasteiger partial charge >= 0.3 is 12.1 Å². The van der Waals surface area contributed by atoms with Gasteiger partial charge in [-0.3, -0.25) is 0 Å². The van der Waals surface area contributed by atoms with Gasteiger partial charge in [-0.15, -0.1) is 11.3 Å². The monoisotopic (exact) mass is 302 g/mol. The van der Waals surface area contributed by atoms with Crippen molar-refractivity contribution >= 4 is 27.4 Å². The van der Waals surface area contributed by atoms with Gasteiger partial charge in [0.25, 0.3) is 0 Å². The Morgan fingerprint density at radius 3 is 2.45 bits per heavy atom. The van der Waals surface area contributed by atoms with E-state index in [1.165, 1.54) is 13.2 Å². The van der Waals surface area contributed by atoms with Crippen LogP contribution in [0.25, 0.3) is 10.1 Å². The van der Waals surface area contributed by atoms with Crippen LogP contribution in [0, 0.1) is 0 Å². The van der Waals surface area contributed by atoms with Crippen molar-refractivity contribution in [3.63, 3.8) is 0 Å². The van der Waals surface area contributed by atoms with Crippen LogP contribution in [-0.4, -0.2) is 13.1 Å². The standard InChI is InChI=1S/C14H13F3O2S/c1-7(2)11-9-5-4-8(14(15,16)17)6-10(9)20-12(11)13(18)19-3/h4-7H,1-3H3. The van der Waals surface area contributed by atoms with Gasteiger partial charge in [0.2, 0.25) is 0 Å². The van der Waals surface area contributed by atoms with E-state index < -0.39 is 17.7 Å². The highest BCUT2D eigenvalue weighted by atomic mass is 32.1. The number of ether oxygens (including phenoxy) is 1. The first-order valence-corrected chi connectivity index (χ1v) is 6.79. The van der Waals surface area contributed by atoms with Crippen molar-refractivity contribution in [1.29, 1.82) is 0 Å². The smallest absolute Gasteiger partial charge is 0.416 e. The van der Waals surface area contributed by atoms with Gasteiger partial charge in [-0.25, -0.2) is 4.79 Å². The first-order chi connectivity index (χ1) is 9.25. The van der Waals surface area contributed by atoms with E-state index in [9.17, 15) is 18.0 Å². The number of methoxy groups -OCH3 is 1. The summed E-state index contributed by atoms with van der Waals surface area (Å²) in [4.78, 5) is 12.1. The fraction of sp³-hybridized carbons (Fsp3) is 0.357. The van der Waals surface area contributed by atoms with Crippen LogP contribution in [0.15, 0.2) is 18.2 Å². The summed E-state index contributed by atoms with van der Waals surface area (Å²) < 4.78 is 43.3. The Morgan fingerprint density at radius 1 is 1.30 bits per heavy atom. The summed E-state index contributed by atoms with van der Waals surface area (Å²) in [7, 11) is 1.26. The summed E-state index contributed by atoms with van der Waals surface area (Å²) in [6, 6.07) is 3.55. The van der Waals surface area contributed by atoms with Gasteiger partial charge in [-0.05, 0) is 29.0 Å². The lowest BCUT2D eigenvalue weighted by atomic mass is 9.98. The SMILES string of the molecule is COC(=O)c1sc2cc(C(F)(F)F)ccc2c1C(C)C. The van der Waals surface area contributed by atoms with Crippen LogP contribution in [0.5, 0.6) is 0 Å². The normalized spacial score (nSPS) is 12.2. The van der Waals surface area contributed by atoms with Crippen LogP contribution >= 0.6 is 11.3 Å². The van der Waals surface area contributed by atoms with Crippen LogP contribution in [-0.2, 0) is 10.9 Å². The van der Waals surface area contributed by atoms with E-state index in [0.29, 0.717) is 15.0 Å². The van der Waals surface area contributed by atoms with Crippen molar-refractivity contribution in [2.24, 2.45) is 0 Å². The molecule has 0 unspecified atom stereocenters. The molecule has 1 aromatic carbocycles. The zero-order valence-corrected chi connectivity index (χ0v) is 12.0. The second-order valence-corrected chi connectivity index (χ2v) is 5.75. The van der Waals surface area contributed by atoms with E-state index in [0.717, 1.165) is 29.0 Å². The quantitative estimate of drug-likeness (QED) is 0.743. The lowest BCUT2D eigenvalue weighted by Gasteiger charge is -2.08. The third kappa shape index (κ3) is 2.52. The van der Waals surface area contributed by atoms with Crippen LogP contribution in [0.1, 0.15) is 40.6 Å². The fourth-order valence-electron chi connectivity index (χ4n) is 2.11. The fourth-order valence-corrected chi connectivity index (χ4v) is 3.43. The molecule has 2 nitrogen and oxygen atoms in total. The van der Waals surface area contributed by atoms with E-state index in [1.807, 2.05) is 13.8 Å². The second-order valence-electron chi connectivity index (χ2n) is 4.70. The maximum atomic E-state index is 12.7. The molecule has 6 heteroatoms. The number of fused-ring (bicyclic) bond motifs is 1. The van der Waals surface area contributed by atoms with Gasteiger partial charge in [-0.1, -0.05) is 19.9 Å². The Bertz CT molecular complexity index is 656. The summed E-state index contributed by atoms with van der Waals surface area (Å²) in [5, 5.41) is 0.679. The van der Waals surface area contributed by atoms with Gasteiger partial charge in [0.1, 0.15) is 4.88 Å². The Kier molecular flexibility index (Phi) is 3.77. The van der Waals surface area contributed by atoms with Crippen LogP contribution in [0.3, 0.4) is 0 Å². The second kappa shape index (κ2) is 5.09. The predicted molar refractivity (Wildman–Crippen MR) is 72.3 cm³/mol. The molecule has 0 aliphatic heterocycles. The molecule has 0 N–H and O–H groups in total. The molecule has 108 valence electrons. The zero-order valence-electron chi connectivity index (χ0n) is 11.2. The number of carbonyl (C=O) groups is 1. The van der Waals surface area contributed by atoms with E-state index >= 15 is 0 Å². The molecule has 1 heterocycles. The summed E-state index contributed by atoms with van der Waals surface area (Å²) >= 11 is 1.04. The number of hydrogen-bond acceptors (Lipinski definition) is 3. The first-order valence-electron chi connectivity index (χ1n) is 5.97. The molecule has 20 heavy (non-hydrogen) atoms. The van der Waals surface area contributed by atoms with E-state index in [4.69, 9.17) is 4.74 Å². The highest BCUT2D eigenvalue weighted by Crippen LogP contribution is 2.39. The number of esters is 1. The minimum atomic E-state index is -4.39. The maximum absolute atomic E-state index is 12.7. The number of thiophene rings is 1. The molecule has 0 saturated heterocycles. The van der Waals surface area contributed by atoms with Gasteiger partial charge in [0, 0.05) is 4.70 Å². The average Bonchev–Trinajstić information content (AvgIpc) is 2.74. The summed E-state index contributed by atoms with van der Waals surface area (Å²) in [5.41, 5.74) is 0.0311. The largest absolute Gasteiger partial charge is 0.465 e. The first kappa shape index (κ1) is 14.8. The predicted octanol–water partition coefficient (Wildman–Crippen LogP) is 4.83. The maximum Gasteiger partial charge on any atom is 0.416 e. The van der Waals surface area contributed by atoms with Crippen molar-refractivity contribution < 1.29 is 22.7 Å². The molecule has 1 aromatic heterocycles. The lowest BCUT2D eigenvalue weighted by Crippen LogP contribution is -2.04. The van der Waals surface area contributed by atoms with E-state index in [2.05, 4.69) is 0 Å². The molecule has 0 radical (unpaired) electrons. The van der Waals surface area contributed by atoms with Crippen LogP contribution in [0.2, 0.25) is 0 Å². The number of rotatable bonds is 2. The molecule has 0 spiro atoms. The summed E-state index contributed by atoms with van der Waals surface area (Å²) in [6.45, 7) is 3.79. The summed E-state index contributed by atoms with van der Waals surface area (Å²) in [5.74, 6) is -0.488. The molecular formula is C14H13F3O2S. The number of halogens is 3. The van der Waals surface area contributed by atoms with Crippen LogP contribution < -0.4 is 0 Å². The topological polar surface area (TPSA) is 26.3 Å². The molecular weight excluding hydrogens is 289 g/mol. The van der Waals surface area contributed by atoms with Crippen molar-refractivity contribution in [3.05, 3.63) is 34.2 Å². The molecule has 0 aliphatic rings. The van der Waals surface area contributed by atoms with E-state index in [-0.39, 0.29) is 5.92 Å². The Hall–Kier alpha value is -1.56. The molecule has 0 aliphatic carbocycles. The van der Waals surface area contributed by atoms with Gasteiger partial charge in [-0.2, -0.15) is 13.2 Å². The van der Waals surface area contributed by atoms with E-state index in [1.54, 1.807) is 0 Å². The third-order valence-corrected chi connectivity index (χ3v) is 4.15. The van der Waals surface area contributed by atoms with Crippen molar-refractivity contribution in [2.45, 2.75) is 25.9 Å². The number of alkyl halides is 3. The Morgan fingerprint density at radius 2 is 1.95 bits per heavy atom. The highest BCUT2D eigenvalue weighted by molar-refractivity contribution is 7.21. The van der Waals surface area contributed by atoms with Crippen molar-refractivity contribution in [3.8, 4) is 0 Å². The molecule has 2 rings (SSSR count). The zero-order chi connectivity index (χ0) is 15.1. The molecule has 0 fully saturated rings. The summed E-state index contributed by atoms with van der Waals surface area (Å²) in [6.07, 6.45) is -4.39. The molecule has 0 atom stereocenters. The Labute approximate surface area is 118 Å². The minimum Gasteiger partial charge on any atom is -0.465 e. The van der Waals surface area contributed by atoms with Crippen molar-refractivity contribution in [1.82, 2.24) is 0 Å². The average molecular weight is 302 g/mol. The van der Waals surface area contributed by atoms with Gasteiger partial charge < -0.3 is 4.74 Å². The molecule has 0 saturated carbocycles. The number of hydrogen-bond donors (Lipinski definition) is 0. The molecule has 0 bridgehead atoms. The Balaban J connectivity index is 2.70. The lowest BCUT2D eigenvalue weighted by molar-refractivity contribution is -0.137. The number of carbonyl (C=O) groups excluding carboxylic acids is 1. The minimum absolute atomic E-state index is 0.0228. The van der Waals surface area contributed by atoms with Gasteiger partial charge in [0.05, 0.1) is 12.7 Å². The van der Waals surface area contributed by atoms with Crippen LogP contribution in [0.4, 0.5) is 13.2 Å². The number of benzene rings is 1.